The van der Waals surface area contributed by atoms with Crippen molar-refractivity contribution in [3.8, 4) is 0 Å². The van der Waals surface area contributed by atoms with Crippen molar-refractivity contribution in [1.82, 2.24) is 5.32 Å². The van der Waals surface area contributed by atoms with Gasteiger partial charge >= 0.3 is 6.18 Å². The van der Waals surface area contributed by atoms with Gasteiger partial charge in [0, 0.05) is 5.57 Å². The van der Waals surface area contributed by atoms with Crippen molar-refractivity contribution in [2.45, 2.75) is 38.3 Å². The van der Waals surface area contributed by atoms with Crippen molar-refractivity contribution >= 4 is 11.8 Å². The average Bonchev–Trinajstić information content (AvgIpc) is 2.57. The SMILES string of the molecule is O=C1CC(=C2CCCC(C(F)(F)F)C2)C(=O)N1. The molecule has 1 saturated carbocycles. The summed E-state index contributed by atoms with van der Waals surface area (Å²) in [5, 5.41) is 2.10. The maximum absolute atomic E-state index is 12.6. The van der Waals surface area contributed by atoms with E-state index in [-0.39, 0.29) is 24.8 Å². The summed E-state index contributed by atoms with van der Waals surface area (Å²) in [7, 11) is 0. The number of hydrogen-bond acceptors (Lipinski definition) is 2. The van der Waals surface area contributed by atoms with E-state index in [1.54, 1.807) is 0 Å². The molecule has 2 amide bonds. The van der Waals surface area contributed by atoms with Gasteiger partial charge in [0.2, 0.25) is 5.91 Å². The molecule has 2 aliphatic rings. The van der Waals surface area contributed by atoms with Crippen LogP contribution in [0, 0.1) is 5.92 Å². The number of amides is 2. The van der Waals surface area contributed by atoms with Crippen molar-refractivity contribution in [3.05, 3.63) is 11.1 Å². The monoisotopic (exact) mass is 247 g/mol. The molecule has 1 aliphatic carbocycles. The third-order valence-corrected chi connectivity index (χ3v) is 3.28. The molecule has 0 aromatic carbocycles. The summed E-state index contributed by atoms with van der Waals surface area (Å²) in [4.78, 5) is 22.4. The van der Waals surface area contributed by atoms with Crippen molar-refractivity contribution in [2.24, 2.45) is 5.92 Å². The lowest BCUT2D eigenvalue weighted by Crippen LogP contribution is -2.27. The zero-order valence-electron chi connectivity index (χ0n) is 9.06. The van der Waals surface area contributed by atoms with Crippen LogP contribution in [0.4, 0.5) is 13.2 Å². The molecule has 1 unspecified atom stereocenters. The smallest absolute Gasteiger partial charge is 0.292 e. The molecule has 0 radical (unpaired) electrons. The van der Waals surface area contributed by atoms with Crippen LogP contribution in [0.15, 0.2) is 11.1 Å². The van der Waals surface area contributed by atoms with E-state index in [1.165, 1.54) is 0 Å². The van der Waals surface area contributed by atoms with Gasteiger partial charge in [-0.05, 0) is 25.7 Å². The molecule has 0 bridgehead atoms. The molecule has 1 N–H and O–H groups in total. The Bertz CT molecular complexity index is 398. The summed E-state index contributed by atoms with van der Waals surface area (Å²) >= 11 is 0. The van der Waals surface area contributed by atoms with E-state index in [4.69, 9.17) is 0 Å². The first-order chi connectivity index (χ1) is 7.88. The Morgan fingerprint density at radius 2 is 1.94 bits per heavy atom. The minimum absolute atomic E-state index is 0.0707. The van der Waals surface area contributed by atoms with Gasteiger partial charge in [0.25, 0.3) is 5.91 Å². The first-order valence-corrected chi connectivity index (χ1v) is 5.49. The summed E-state index contributed by atoms with van der Waals surface area (Å²) in [5.74, 6) is -2.32. The second kappa shape index (κ2) is 4.16. The van der Waals surface area contributed by atoms with Gasteiger partial charge in [-0.3, -0.25) is 14.9 Å². The highest BCUT2D eigenvalue weighted by atomic mass is 19.4. The van der Waals surface area contributed by atoms with Gasteiger partial charge in [0.05, 0.1) is 12.3 Å². The van der Waals surface area contributed by atoms with E-state index >= 15 is 0 Å². The maximum Gasteiger partial charge on any atom is 0.392 e. The van der Waals surface area contributed by atoms with Crippen molar-refractivity contribution in [1.29, 1.82) is 0 Å². The fraction of sp³-hybridized carbons (Fsp3) is 0.636. The van der Waals surface area contributed by atoms with E-state index in [0.29, 0.717) is 18.4 Å². The second-order valence-corrected chi connectivity index (χ2v) is 4.47. The molecule has 6 heteroatoms. The van der Waals surface area contributed by atoms with Gasteiger partial charge in [-0.2, -0.15) is 13.2 Å². The maximum atomic E-state index is 12.6. The van der Waals surface area contributed by atoms with E-state index in [2.05, 4.69) is 5.32 Å². The van der Waals surface area contributed by atoms with Crippen molar-refractivity contribution < 1.29 is 22.8 Å². The van der Waals surface area contributed by atoms with Gasteiger partial charge in [0.1, 0.15) is 0 Å². The van der Waals surface area contributed by atoms with E-state index in [1.807, 2.05) is 0 Å². The quantitative estimate of drug-likeness (QED) is 0.526. The number of alkyl halides is 3. The van der Waals surface area contributed by atoms with Crippen molar-refractivity contribution in [3.63, 3.8) is 0 Å². The third kappa shape index (κ3) is 2.50. The highest BCUT2D eigenvalue weighted by molar-refractivity contribution is 6.13. The Morgan fingerprint density at radius 1 is 1.24 bits per heavy atom. The number of hydrogen-bond donors (Lipinski definition) is 1. The Labute approximate surface area is 96.1 Å². The first-order valence-electron chi connectivity index (χ1n) is 5.49. The molecule has 1 saturated heterocycles. The Kier molecular flexibility index (Phi) is 2.97. The van der Waals surface area contributed by atoms with Crippen molar-refractivity contribution in [2.75, 3.05) is 0 Å². The van der Waals surface area contributed by atoms with Crippen LogP contribution in [0.5, 0.6) is 0 Å². The lowest BCUT2D eigenvalue weighted by atomic mass is 9.82. The molecule has 17 heavy (non-hydrogen) atoms. The second-order valence-electron chi connectivity index (χ2n) is 4.47. The predicted molar refractivity (Wildman–Crippen MR) is 52.8 cm³/mol. The van der Waals surface area contributed by atoms with E-state index in [0.717, 1.165) is 0 Å². The molecule has 1 heterocycles. The highest BCUT2D eigenvalue weighted by Gasteiger charge is 2.42. The summed E-state index contributed by atoms with van der Waals surface area (Å²) in [5.41, 5.74) is 0.755. The van der Waals surface area contributed by atoms with Crippen LogP contribution >= 0.6 is 0 Å². The number of rotatable bonds is 0. The van der Waals surface area contributed by atoms with Crippen LogP contribution in [0.2, 0.25) is 0 Å². The standard InChI is InChI=1S/C11H12F3NO2/c12-11(13,14)7-3-1-2-6(4-7)8-5-9(16)15-10(8)17/h7H,1-5H2,(H,15,16,17). The summed E-state index contributed by atoms with van der Waals surface area (Å²) in [6.07, 6.45) is -3.41. The average molecular weight is 247 g/mol. The fourth-order valence-corrected chi connectivity index (χ4v) is 2.39. The fourth-order valence-electron chi connectivity index (χ4n) is 2.39. The van der Waals surface area contributed by atoms with Gasteiger partial charge in [0.15, 0.2) is 0 Å². The molecular weight excluding hydrogens is 235 g/mol. The normalized spacial score (nSPS) is 30.6. The van der Waals surface area contributed by atoms with Gasteiger partial charge in [-0.15, -0.1) is 0 Å². The van der Waals surface area contributed by atoms with Crippen LogP contribution in [0.25, 0.3) is 0 Å². The molecule has 1 aliphatic heterocycles. The zero-order valence-corrected chi connectivity index (χ0v) is 9.06. The molecule has 1 atom stereocenters. The number of imide groups is 1. The lowest BCUT2D eigenvalue weighted by molar-refractivity contribution is -0.178. The van der Waals surface area contributed by atoms with Crippen LogP contribution in [0.3, 0.4) is 0 Å². The number of halogens is 3. The van der Waals surface area contributed by atoms with Gasteiger partial charge < -0.3 is 0 Å². The summed E-state index contributed by atoms with van der Waals surface area (Å²) in [6.45, 7) is 0. The van der Waals surface area contributed by atoms with Gasteiger partial charge in [-0.25, -0.2) is 0 Å². The highest BCUT2D eigenvalue weighted by Crippen LogP contribution is 2.41. The minimum Gasteiger partial charge on any atom is -0.292 e. The molecule has 94 valence electrons. The summed E-state index contributed by atoms with van der Waals surface area (Å²) in [6, 6.07) is 0. The van der Waals surface area contributed by atoms with Crippen LogP contribution < -0.4 is 5.32 Å². The Morgan fingerprint density at radius 3 is 2.47 bits per heavy atom. The topological polar surface area (TPSA) is 46.2 Å². The molecule has 0 aromatic rings. The van der Waals surface area contributed by atoms with E-state index < -0.39 is 23.9 Å². The van der Waals surface area contributed by atoms with E-state index in [9.17, 15) is 22.8 Å². The number of allylic oxidation sites excluding steroid dienone is 1. The molecule has 3 nitrogen and oxygen atoms in total. The van der Waals surface area contributed by atoms with Crippen LogP contribution in [-0.2, 0) is 9.59 Å². The molecule has 0 spiro atoms. The first kappa shape index (κ1) is 12.1. The summed E-state index contributed by atoms with van der Waals surface area (Å²) < 4.78 is 37.8. The number of carbonyl (C=O) groups is 2. The molecule has 2 fully saturated rings. The zero-order chi connectivity index (χ0) is 12.6. The predicted octanol–water partition coefficient (Wildman–Crippen LogP) is 2.08. The Balaban J connectivity index is 2.20. The van der Waals surface area contributed by atoms with Crippen LogP contribution in [0.1, 0.15) is 32.1 Å². The van der Waals surface area contributed by atoms with Crippen LogP contribution in [-0.4, -0.2) is 18.0 Å². The minimum atomic E-state index is -4.22. The lowest BCUT2D eigenvalue weighted by Gasteiger charge is -2.27. The van der Waals surface area contributed by atoms with Gasteiger partial charge in [-0.1, -0.05) is 5.57 Å². The largest absolute Gasteiger partial charge is 0.392 e. The number of carbonyl (C=O) groups excluding carboxylic acids is 2. The Hall–Kier alpha value is -1.33. The molecule has 0 aromatic heterocycles. The molecular formula is C11H12F3NO2. The number of nitrogens with one attached hydrogen (secondary N) is 1. The molecule has 2 rings (SSSR count). The third-order valence-electron chi connectivity index (χ3n) is 3.28.